The number of hydrogen-bond acceptors (Lipinski definition) is 2. The largest absolute Gasteiger partial charge is 0.481 e. The molecule has 2 saturated carbocycles. The minimum atomic E-state index is -0.724. The van der Waals surface area contributed by atoms with Gasteiger partial charge in [-0.25, -0.2) is 4.39 Å². The van der Waals surface area contributed by atoms with E-state index in [2.05, 4.69) is 21.2 Å². The molecule has 1 heterocycles. The quantitative estimate of drug-likeness (QED) is 0.537. The minimum Gasteiger partial charge on any atom is -0.481 e. The van der Waals surface area contributed by atoms with Crippen molar-refractivity contribution in [3.05, 3.63) is 70.1 Å². The molecule has 0 aliphatic heterocycles. The Morgan fingerprint density at radius 2 is 1.81 bits per heavy atom. The van der Waals surface area contributed by atoms with Crippen LogP contribution in [0.25, 0.3) is 10.9 Å². The third kappa shape index (κ3) is 3.65. The molecule has 5 nitrogen and oxygen atoms in total. The van der Waals surface area contributed by atoms with Crippen LogP contribution >= 0.6 is 15.9 Å². The van der Waals surface area contributed by atoms with Crippen LogP contribution in [-0.2, 0) is 11.3 Å². The summed E-state index contributed by atoms with van der Waals surface area (Å²) in [7, 11) is 0. The second kappa shape index (κ2) is 7.48. The molecule has 2 N–H and O–H groups in total. The van der Waals surface area contributed by atoms with Gasteiger partial charge in [0, 0.05) is 28.6 Å². The van der Waals surface area contributed by atoms with Gasteiger partial charge < -0.3 is 15.0 Å². The van der Waals surface area contributed by atoms with E-state index in [0.29, 0.717) is 35.9 Å². The van der Waals surface area contributed by atoms with E-state index in [-0.39, 0.29) is 29.1 Å². The number of hydrogen-bond donors (Lipinski definition) is 2. The van der Waals surface area contributed by atoms with Gasteiger partial charge in [-0.3, -0.25) is 9.59 Å². The van der Waals surface area contributed by atoms with E-state index in [1.54, 1.807) is 12.1 Å². The number of carboxylic acids is 1. The van der Waals surface area contributed by atoms with Crippen LogP contribution in [0.1, 0.15) is 41.6 Å². The number of rotatable bonds is 5. The van der Waals surface area contributed by atoms with Gasteiger partial charge in [-0.15, -0.1) is 0 Å². The summed E-state index contributed by atoms with van der Waals surface area (Å²) in [5, 5.41) is 12.6. The lowest BCUT2D eigenvalue weighted by atomic mass is 9.50. The average molecular weight is 485 g/mol. The minimum absolute atomic E-state index is 0.0391. The van der Waals surface area contributed by atoms with Crippen LogP contribution in [0.5, 0.6) is 0 Å². The highest BCUT2D eigenvalue weighted by molar-refractivity contribution is 9.10. The van der Waals surface area contributed by atoms with Crippen molar-refractivity contribution in [2.24, 2.45) is 11.3 Å². The summed E-state index contributed by atoms with van der Waals surface area (Å²) in [4.78, 5) is 24.1. The van der Waals surface area contributed by atoms with Crippen LogP contribution in [-0.4, -0.2) is 27.6 Å². The summed E-state index contributed by atoms with van der Waals surface area (Å²) in [5.74, 6) is -1.53. The Kier molecular flexibility index (Phi) is 4.88. The number of benzene rings is 2. The van der Waals surface area contributed by atoms with Gasteiger partial charge in [-0.1, -0.05) is 28.1 Å². The van der Waals surface area contributed by atoms with Crippen molar-refractivity contribution in [2.75, 3.05) is 0 Å². The first-order chi connectivity index (χ1) is 14.8. The zero-order valence-electron chi connectivity index (χ0n) is 16.8. The van der Waals surface area contributed by atoms with Crippen LogP contribution in [0, 0.1) is 17.2 Å². The highest BCUT2D eigenvalue weighted by Crippen LogP contribution is 2.58. The Balaban J connectivity index is 1.34. The van der Waals surface area contributed by atoms with Crippen molar-refractivity contribution < 1.29 is 19.1 Å². The van der Waals surface area contributed by atoms with Crippen LogP contribution in [0.3, 0.4) is 0 Å². The number of nitrogens with one attached hydrogen (secondary N) is 1. The molecule has 0 bridgehead atoms. The van der Waals surface area contributed by atoms with Gasteiger partial charge in [0.15, 0.2) is 0 Å². The number of carbonyl (C=O) groups is 2. The number of amides is 1. The summed E-state index contributed by atoms with van der Waals surface area (Å²) >= 11 is 3.43. The first-order valence-electron chi connectivity index (χ1n) is 10.4. The SMILES string of the molecule is O=C(NC1CC2(C1)CC(C(=O)O)C2)c1ccc(F)c2ccn(Cc3ccc(Br)cc3)c12. The second-order valence-corrected chi connectivity index (χ2v) is 9.87. The maximum atomic E-state index is 14.4. The van der Waals surface area contributed by atoms with Crippen LogP contribution in [0.15, 0.2) is 53.1 Å². The van der Waals surface area contributed by atoms with Gasteiger partial charge in [0.1, 0.15) is 5.82 Å². The highest BCUT2D eigenvalue weighted by atomic mass is 79.9. The fourth-order valence-electron chi connectivity index (χ4n) is 5.24. The standard InChI is InChI=1S/C24H22BrFN2O3/c25-16-3-1-14(2-4-16)13-28-8-7-18-20(26)6-5-19(21(18)28)22(29)27-17-11-24(12-17)9-15(10-24)23(30)31/h1-8,15,17H,9-13H2,(H,27,29)(H,30,31). The van der Waals surface area contributed by atoms with Gasteiger partial charge >= 0.3 is 5.97 Å². The molecule has 2 aliphatic rings. The van der Waals surface area contributed by atoms with Crippen molar-refractivity contribution in [3.8, 4) is 0 Å². The smallest absolute Gasteiger partial charge is 0.306 e. The molecule has 0 saturated heterocycles. The van der Waals surface area contributed by atoms with Crippen LogP contribution < -0.4 is 5.32 Å². The molecule has 7 heteroatoms. The molecule has 31 heavy (non-hydrogen) atoms. The molecule has 1 spiro atoms. The summed E-state index contributed by atoms with van der Waals surface area (Å²) < 4.78 is 17.3. The molecule has 2 aromatic carbocycles. The molecule has 1 aromatic heterocycles. The zero-order valence-corrected chi connectivity index (χ0v) is 18.4. The maximum Gasteiger partial charge on any atom is 0.306 e. The van der Waals surface area contributed by atoms with Crippen molar-refractivity contribution >= 4 is 38.7 Å². The number of aromatic nitrogens is 1. The van der Waals surface area contributed by atoms with E-state index < -0.39 is 5.97 Å². The topological polar surface area (TPSA) is 71.3 Å². The van der Waals surface area contributed by atoms with Crippen molar-refractivity contribution in [1.82, 2.24) is 9.88 Å². The molecule has 3 aromatic rings. The zero-order chi connectivity index (χ0) is 21.8. The van der Waals surface area contributed by atoms with E-state index >= 15 is 0 Å². The normalized spacial score (nSPS) is 24.6. The third-order valence-corrected chi connectivity index (χ3v) is 7.31. The molecule has 160 valence electrons. The van der Waals surface area contributed by atoms with Gasteiger partial charge in [0.05, 0.1) is 17.0 Å². The number of carbonyl (C=O) groups excluding carboxylic acids is 1. The number of carboxylic acid groups (broad SMARTS) is 1. The molecule has 0 radical (unpaired) electrons. The maximum absolute atomic E-state index is 14.4. The average Bonchev–Trinajstić information content (AvgIpc) is 3.09. The molecule has 5 rings (SSSR count). The Morgan fingerprint density at radius 1 is 1.10 bits per heavy atom. The number of fused-ring (bicyclic) bond motifs is 1. The highest BCUT2D eigenvalue weighted by Gasteiger charge is 2.55. The first kappa shape index (κ1) is 20.2. The van der Waals surface area contributed by atoms with E-state index in [4.69, 9.17) is 5.11 Å². The summed E-state index contributed by atoms with van der Waals surface area (Å²) in [5.41, 5.74) is 2.18. The summed E-state index contributed by atoms with van der Waals surface area (Å²) in [6, 6.07) is 12.5. The van der Waals surface area contributed by atoms with Gasteiger partial charge in [0.25, 0.3) is 5.91 Å². The fraction of sp³-hybridized carbons (Fsp3) is 0.333. The predicted molar refractivity (Wildman–Crippen MR) is 118 cm³/mol. The monoisotopic (exact) mass is 484 g/mol. The molecule has 2 aliphatic carbocycles. The van der Waals surface area contributed by atoms with Gasteiger partial charge in [0.2, 0.25) is 0 Å². The van der Waals surface area contributed by atoms with Crippen molar-refractivity contribution in [2.45, 2.75) is 38.3 Å². The number of halogens is 2. The van der Waals surface area contributed by atoms with E-state index in [9.17, 15) is 14.0 Å². The molecule has 1 amide bonds. The summed E-state index contributed by atoms with van der Waals surface area (Å²) in [6.07, 6.45) is 4.84. The Labute approximate surface area is 187 Å². The third-order valence-electron chi connectivity index (χ3n) is 6.79. The van der Waals surface area contributed by atoms with Gasteiger partial charge in [-0.2, -0.15) is 0 Å². The van der Waals surface area contributed by atoms with Gasteiger partial charge in [-0.05, 0) is 67.0 Å². The van der Waals surface area contributed by atoms with Crippen LogP contribution in [0.2, 0.25) is 0 Å². The van der Waals surface area contributed by atoms with Crippen LogP contribution in [0.4, 0.5) is 4.39 Å². The van der Waals surface area contributed by atoms with Crippen molar-refractivity contribution in [1.29, 1.82) is 0 Å². The lowest BCUT2D eigenvalue weighted by Crippen LogP contribution is -2.57. The van der Waals surface area contributed by atoms with E-state index in [1.807, 2.05) is 35.0 Å². The number of nitrogens with zero attached hydrogens (tertiary/aromatic N) is 1. The summed E-state index contributed by atoms with van der Waals surface area (Å²) in [6.45, 7) is 0.531. The molecule has 2 fully saturated rings. The number of aliphatic carboxylic acids is 1. The molecule has 0 atom stereocenters. The molecular weight excluding hydrogens is 463 g/mol. The molecule has 0 unspecified atom stereocenters. The second-order valence-electron chi connectivity index (χ2n) is 8.95. The predicted octanol–water partition coefficient (Wildman–Crippen LogP) is 4.96. The first-order valence-corrected chi connectivity index (χ1v) is 11.2. The Morgan fingerprint density at radius 3 is 2.48 bits per heavy atom. The molecular formula is C24H22BrFN2O3. The lowest BCUT2D eigenvalue weighted by molar-refractivity contribution is -0.155. The van der Waals surface area contributed by atoms with Crippen molar-refractivity contribution in [3.63, 3.8) is 0 Å². The fourth-order valence-corrected chi connectivity index (χ4v) is 5.50. The lowest BCUT2D eigenvalue weighted by Gasteiger charge is -2.56. The Bertz CT molecular complexity index is 1170. The Hall–Kier alpha value is -2.67. The van der Waals surface area contributed by atoms with E-state index in [1.165, 1.54) is 6.07 Å². The van der Waals surface area contributed by atoms with E-state index in [0.717, 1.165) is 22.9 Å².